The highest BCUT2D eigenvalue weighted by molar-refractivity contribution is 5.42. The minimum Gasteiger partial charge on any atom is -0.493 e. The Bertz CT molecular complexity index is 355. The predicted octanol–water partition coefficient (Wildman–Crippen LogP) is 2.35. The summed E-state index contributed by atoms with van der Waals surface area (Å²) in [7, 11) is 1.66. The smallest absolute Gasteiger partial charge is 0.161 e. The number of methoxy groups -OCH3 is 1. The number of aliphatic hydroxyl groups is 1. The summed E-state index contributed by atoms with van der Waals surface area (Å²) in [6.45, 7) is 4.76. The Kier molecular flexibility index (Phi) is 8.02. The maximum atomic E-state index is 8.69. The highest BCUT2D eigenvalue weighted by atomic mass is 16.5. The van der Waals surface area contributed by atoms with Crippen LogP contribution in [0.25, 0.3) is 0 Å². The van der Waals surface area contributed by atoms with Gasteiger partial charge in [-0.3, -0.25) is 0 Å². The van der Waals surface area contributed by atoms with Crippen LogP contribution in [0.2, 0.25) is 0 Å². The Hall–Kier alpha value is -1.26. The molecule has 0 heterocycles. The maximum Gasteiger partial charge on any atom is 0.161 e. The number of benzene rings is 1. The molecule has 19 heavy (non-hydrogen) atoms. The van der Waals surface area contributed by atoms with Crippen molar-refractivity contribution >= 4 is 0 Å². The lowest BCUT2D eigenvalue weighted by Gasteiger charge is -2.12. The molecule has 1 aromatic carbocycles. The van der Waals surface area contributed by atoms with Crippen LogP contribution in [-0.4, -0.2) is 32.0 Å². The Morgan fingerprint density at radius 1 is 1.21 bits per heavy atom. The van der Waals surface area contributed by atoms with Gasteiger partial charge in [0.2, 0.25) is 0 Å². The van der Waals surface area contributed by atoms with Crippen molar-refractivity contribution in [1.29, 1.82) is 0 Å². The van der Waals surface area contributed by atoms with Crippen molar-refractivity contribution < 1.29 is 14.6 Å². The quantitative estimate of drug-likeness (QED) is 0.639. The first-order valence-electron chi connectivity index (χ1n) is 6.93. The highest BCUT2D eigenvalue weighted by Crippen LogP contribution is 2.28. The third kappa shape index (κ3) is 5.94. The van der Waals surface area contributed by atoms with Gasteiger partial charge >= 0.3 is 0 Å². The summed E-state index contributed by atoms with van der Waals surface area (Å²) < 4.78 is 11.0. The number of nitrogens with one attached hydrogen (secondary N) is 1. The second-order valence-electron chi connectivity index (χ2n) is 4.44. The van der Waals surface area contributed by atoms with Gasteiger partial charge in [0.05, 0.1) is 13.7 Å². The molecule has 0 aliphatic heterocycles. The van der Waals surface area contributed by atoms with Gasteiger partial charge in [0.25, 0.3) is 0 Å². The van der Waals surface area contributed by atoms with Gasteiger partial charge < -0.3 is 19.9 Å². The van der Waals surface area contributed by atoms with Crippen molar-refractivity contribution in [1.82, 2.24) is 5.32 Å². The third-order valence-electron chi connectivity index (χ3n) is 2.78. The third-order valence-corrected chi connectivity index (χ3v) is 2.78. The summed E-state index contributed by atoms with van der Waals surface area (Å²) in [4.78, 5) is 0. The molecule has 0 atom stereocenters. The van der Waals surface area contributed by atoms with Gasteiger partial charge in [0.1, 0.15) is 0 Å². The van der Waals surface area contributed by atoms with Crippen LogP contribution in [0.3, 0.4) is 0 Å². The van der Waals surface area contributed by atoms with E-state index in [0.717, 1.165) is 43.9 Å². The van der Waals surface area contributed by atoms with E-state index in [0.29, 0.717) is 6.61 Å². The number of ether oxygens (including phenoxy) is 2. The van der Waals surface area contributed by atoms with Gasteiger partial charge in [-0.15, -0.1) is 0 Å². The van der Waals surface area contributed by atoms with Gasteiger partial charge in [0.15, 0.2) is 11.5 Å². The SMILES string of the molecule is CCCOc1ccc(CNCCCCO)cc1OC. The van der Waals surface area contributed by atoms with E-state index < -0.39 is 0 Å². The van der Waals surface area contributed by atoms with E-state index in [-0.39, 0.29) is 6.61 Å². The maximum absolute atomic E-state index is 8.69. The van der Waals surface area contributed by atoms with Crippen LogP contribution in [0.15, 0.2) is 18.2 Å². The number of aliphatic hydroxyl groups excluding tert-OH is 1. The number of hydrogen-bond acceptors (Lipinski definition) is 4. The van der Waals surface area contributed by atoms with Crippen LogP contribution in [0, 0.1) is 0 Å². The normalized spacial score (nSPS) is 10.5. The van der Waals surface area contributed by atoms with Crippen LogP contribution in [0.4, 0.5) is 0 Å². The molecule has 4 nitrogen and oxygen atoms in total. The van der Waals surface area contributed by atoms with Crippen LogP contribution < -0.4 is 14.8 Å². The molecule has 1 rings (SSSR count). The topological polar surface area (TPSA) is 50.7 Å². The molecular formula is C15H25NO3. The molecular weight excluding hydrogens is 242 g/mol. The zero-order chi connectivity index (χ0) is 13.9. The van der Waals surface area contributed by atoms with Crippen LogP contribution >= 0.6 is 0 Å². The van der Waals surface area contributed by atoms with Crippen molar-refractivity contribution in [2.75, 3.05) is 26.9 Å². The molecule has 0 unspecified atom stereocenters. The molecule has 0 bridgehead atoms. The Morgan fingerprint density at radius 2 is 2.05 bits per heavy atom. The summed E-state index contributed by atoms with van der Waals surface area (Å²) >= 11 is 0. The number of hydrogen-bond donors (Lipinski definition) is 2. The Morgan fingerprint density at radius 3 is 2.74 bits per heavy atom. The molecule has 0 saturated carbocycles. The molecule has 2 N–H and O–H groups in total. The summed E-state index contributed by atoms with van der Waals surface area (Å²) in [5, 5.41) is 12.0. The minimum absolute atomic E-state index is 0.263. The fourth-order valence-corrected chi connectivity index (χ4v) is 1.75. The van der Waals surface area contributed by atoms with Gasteiger partial charge in [-0.25, -0.2) is 0 Å². The summed E-state index contributed by atoms with van der Waals surface area (Å²) in [5.41, 5.74) is 1.17. The van der Waals surface area contributed by atoms with E-state index in [9.17, 15) is 0 Å². The molecule has 108 valence electrons. The van der Waals surface area contributed by atoms with Crippen LogP contribution in [0.5, 0.6) is 11.5 Å². The van der Waals surface area contributed by atoms with Gasteiger partial charge in [0, 0.05) is 13.2 Å². The van der Waals surface area contributed by atoms with Crippen molar-refractivity contribution in [3.63, 3.8) is 0 Å². The summed E-state index contributed by atoms with van der Waals surface area (Å²) in [6, 6.07) is 6.01. The van der Waals surface area contributed by atoms with E-state index in [4.69, 9.17) is 14.6 Å². The molecule has 0 aromatic heterocycles. The lowest BCUT2D eigenvalue weighted by Crippen LogP contribution is -2.15. The van der Waals surface area contributed by atoms with Crippen molar-refractivity contribution in [2.45, 2.75) is 32.7 Å². The molecule has 0 radical (unpaired) electrons. The Labute approximate surface area is 115 Å². The second kappa shape index (κ2) is 9.64. The fourth-order valence-electron chi connectivity index (χ4n) is 1.75. The van der Waals surface area contributed by atoms with Gasteiger partial charge in [-0.2, -0.15) is 0 Å². The summed E-state index contributed by atoms with van der Waals surface area (Å²) in [5.74, 6) is 1.58. The zero-order valence-corrected chi connectivity index (χ0v) is 11.9. The molecule has 0 amide bonds. The van der Waals surface area contributed by atoms with E-state index in [1.807, 2.05) is 18.2 Å². The molecule has 4 heteroatoms. The first-order chi connectivity index (χ1) is 9.31. The van der Waals surface area contributed by atoms with E-state index in [2.05, 4.69) is 12.2 Å². The monoisotopic (exact) mass is 267 g/mol. The predicted molar refractivity (Wildman–Crippen MR) is 76.8 cm³/mol. The first kappa shape index (κ1) is 15.8. The number of unbranched alkanes of at least 4 members (excludes halogenated alkanes) is 1. The molecule has 0 spiro atoms. The average Bonchev–Trinajstić information content (AvgIpc) is 2.45. The molecule has 1 aromatic rings. The van der Waals surface area contributed by atoms with E-state index >= 15 is 0 Å². The largest absolute Gasteiger partial charge is 0.493 e. The van der Waals surface area contributed by atoms with Crippen molar-refractivity contribution in [2.24, 2.45) is 0 Å². The molecule has 0 saturated heterocycles. The molecule has 0 fully saturated rings. The van der Waals surface area contributed by atoms with Gasteiger partial charge in [-0.1, -0.05) is 13.0 Å². The van der Waals surface area contributed by atoms with Crippen LogP contribution in [-0.2, 0) is 6.54 Å². The standard InChI is InChI=1S/C15H25NO3/c1-3-10-19-14-7-6-13(11-15(14)18-2)12-16-8-4-5-9-17/h6-7,11,16-17H,3-5,8-10,12H2,1-2H3. The van der Waals surface area contributed by atoms with Gasteiger partial charge in [-0.05, 0) is 43.5 Å². The van der Waals surface area contributed by atoms with Crippen molar-refractivity contribution in [3.05, 3.63) is 23.8 Å². The highest BCUT2D eigenvalue weighted by Gasteiger charge is 2.05. The van der Waals surface area contributed by atoms with E-state index in [1.54, 1.807) is 7.11 Å². The minimum atomic E-state index is 0.263. The van der Waals surface area contributed by atoms with Crippen LogP contribution in [0.1, 0.15) is 31.7 Å². The first-order valence-corrected chi connectivity index (χ1v) is 6.93. The number of rotatable bonds is 10. The second-order valence-corrected chi connectivity index (χ2v) is 4.44. The average molecular weight is 267 g/mol. The zero-order valence-electron chi connectivity index (χ0n) is 11.9. The lowest BCUT2D eigenvalue weighted by atomic mass is 10.2. The van der Waals surface area contributed by atoms with Crippen molar-refractivity contribution in [3.8, 4) is 11.5 Å². The lowest BCUT2D eigenvalue weighted by molar-refractivity contribution is 0.283. The Balaban J connectivity index is 2.46. The fraction of sp³-hybridized carbons (Fsp3) is 0.600. The molecule has 0 aliphatic carbocycles. The molecule has 0 aliphatic rings. The van der Waals surface area contributed by atoms with E-state index in [1.165, 1.54) is 5.56 Å². The summed E-state index contributed by atoms with van der Waals surface area (Å²) in [6.07, 6.45) is 2.82.